The first-order valence-electron chi connectivity index (χ1n) is 7.74. The molecule has 0 aromatic carbocycles. The van der Waals surface area contributed by atoms with Crippen LogP contribution in [0.3, 0.4) is 0 Å². The molecule has 9 nitrogen and oxygen atoms in total. The first-order valence-corrected chi connectivity index (χ1v) is 8.62. The third-order valence-corrected chi connectivity index (χ3v) is 4.43. The summed E-state index contributed by atoms with van der Waals surface area (Å²) < 4.78 is 8.52. The van der Waals surface area contributed by atoms with Crippen LogP contribution in [0.15, 0.2) is 28.8 Å². The summed E-state index contributed by atoms with van der Waals surface area (Å²) in [5.74, 6) is 0.277. The maximum absolute atomic E-state index is 12.6. The molecule has 0 aliphatic rings. The predicted molar refractivity (Wildman–Crippen MR) is 91.7 cm³/mol. The summed E-state index contributed by atoms with van der Waals surface area (Å²) in [4.78, 5) is 28.7. The minimum absolute atomic E-state index is 0.244. The lowest BCUT2D eigenvalue weighted by molar-refractivity contribution is 0.0930. The molecule has 25 heavy (non-hydrogen) atoms. The maximum Gasteiger partial charge on any atom is 0.274 e. The molecule has 0 fully saturated rings. The van der Waals surface area contributed by atoms with Gasteiger partial charge in [0, 0.05) is 37.9 Å². The van der Waals surface area contributed by atoms with E-state index < -0.39 is 5.56 Å². The van der Waals surface area contributed by atoms with E-state index in [1.54, 1.807) is 29.4 Å². The molecular weight excluding hydrogens is 344 g/mol. The first kappa shape index (κ1) is 17.2. The van der Waals surface area contributed by atoms with Gasteiger partial charge in [0.15, 0.2) is 10.8 Å². The van der Waals surface area contributed by atoms with Gasteiger partial charge in [0.1, 0.15) is 12.0 Å². The zero-order valence-corrected chi connectivity index (χ0v) is 14.7. The number of thiazole rings is 1. The van der Waals surface area contributed by atoms with Crippen molar-refractivity contribution in [2.24, 2.45) is 0 Å². The summed E-state index contributed by atoms with van der Waals surface area (Å²) >= 11 is 1.30. The number of carbonyl (C=O) groups is 1. The van der Waals surface area contributed by atoms with E-state index in [1.165, 1.54) is 17.4 Å². The fourth-order valence-electron chi connectivity index (χ4n) is 2.51. The van der Waals surface area contributed by atoms with Crippen LogP contribution in [0.4, 0.5) is 0 Å². The lowest BCUT2D eigenvalue weighted by Crippen LogP contribution is -2.31. The van der Waals surface area contributed by atoms with Crippen LogP contribution >= 0.6 is 11.3 Å². The highest BCUT2D eigenvalue weighted by Crippen LogP contribution is 2.13. The van der Waals surface area contributed by atoms with Crippen LogP contribution in [0, 0.1) is 0 Å². The third kappa shape index (κ3) is 3.74. The van der Waals surface area contributed by atoms with Crippen LogP contribution in [-0.2, 0) is 11.3 Å². The van der Waals surface area contributed by atoms with Crippen LogP contribution in [0.1, 0.15) is 35.7 Å². The average Bonchev–Trinajstić information content (AvgIpc) is 3.23. The van der Waals surface area contributed by atoms with Crippen molar-refractivity contribution in [1.29, 1.82) is 0 Å². The SMILES string of the molecule is COCCCn1cnnc1[C@H](C)NC(=O)c1cc(=O)nc2sccn12. The van der Waals surface area contributed by atoms with Gasteiger partial charge in [0.25, 0.3) is 11.5 Å². The van der Waals surface area contributed by atoms with Gasteiger partial charge < -0.3 is 14.6 Å². The molecule has 0 bridgehead atoms. The molecular formula is C15H18N6O3S. The molecule has 0 spiro atoms. The van der Waals surface area contributed by atoms with Crippen LogP contribution in [0.25, 0.3) is 4.96 Å². The van der Waals surface area contributed by atoms with Gasteiger partial charge in [-0.3, -0.25) is 14.0 Å². The van der Waals surface area contributed by atoms with Crippen molar-refractivity contribution in [2.75, 3.05) is 13.7 Å². The number of carbonyl (C=O) groups excluding carboxylic acids is 1. The van der Waals surface area contributed by atoms with Crippen molar-refractivity contribution in [3.63, 3.8) is 0 Å². The molecule has 1 amide bonds. The number of rotatable bonds is 7. The Balaban J connectivity index is 1.78. The van der Waals surface area contributed by atoms with E-state index in [1.807, 2.05) is 11.5 Å². The number of aryl methyl sites for hydroxylation is 1. The Morgan fingerprint density at radius 1 is 1.48 bits per heavy atom. The fraction of sp³-hybridized carbons (Fsp3) is 0.400. The number of hydrogen-bond donors (Lipinski definition) is 1. The molecule has 3 heterocycles. The molecule has 0 unspecified atom stereocenters. The number of amides is 1. The second kappa shape index (κ2) is 7.53. The molecule has 0 saturated heterocycles. The van der Waals surface area contributed by atoms with E-state index in [0.717, 1.165) is 6.42 Å². The smallest absolute Gasteiger partial charge is 0.274 e. The summed E-state index contributed by atoms with van der Waals surface area (Å²) in [7, 11) is 1.65. The number of hydrogen-bond acceptors (Lipinski definition) is 7. The summed E-state index contributed by atoms with van der Waals surface area (Å²) in [6.45, 7) is 3.15. The zero-order valence-electron chi connectivity index (χ0n) is 13.9. The van der Waals surface area contributed by atoms with Gasteiger partial charge in [0.2, 0.25) is 0 Å². The minimum Gasteiger partial charge on any atom is -0.385 e. The maximum atomic E-state index is 12.6. The van der Waals surface area contributed by atoms with Gasteiger partial charge in [-0.05, 0) is 13.3 Å². The van der Waals surface area contributed by atoms with Crippen molar-refractivity contribution in [3.8, 4) is 0 Å². The first-order chi connectivity index (χ1) is 12.1. The van der Waals surface area contributed by atoms with Crippen molar-refractivity contribution in [1.82, 2.24) is 29.5 Å². The molecule has 3 aromatic rings. The summed E-state index contributed by atoms with van der Waals surface area (Å²) in [5.41, 5.74) is -0.198. The second-order valence-electron chi connectivity index (χ2n) is 5.46. The molecule has 1 N–H and O–H groups in total. The van der Waals surface area contributed by atoms with E-state index >= 15 is 0 Å². The molecule has 3 aromatic heterocycles. The van der Waals surface area contributed by atoms with Gasteiger partial charge in [0.05, 0.1) is 6.04 Å². The summed E-state index contributed by atoms with van der Waals surface area (Å²) in [6, 6.07) is 0.862. The fourth-order valence-corrected chi connectivity index (χ4v) is 3.23. The van der Waals surface area contributed by atoms with Gasteiger partial charge in [-0.15, -0.1) is 21.5 Å². The highest BCUT2D eigenvalue weighted by Gasteiger charge is 2.19. The van der Waals surface area contributed by atoms with E-state index in [0.29, 0.717) is 23.9 Å². The monoisotopic (exact) mass is 362 g/mol. The normalized spacial score (nSPS) is 12.4. The predicted octanol–water partition coefficient (Wildman–Crippen LogP) is 0.875. The molecule has 1 atom stereocenters. The molecule has 0 aliphatic carbocycles. The van der Waals surface area contributed by atoms with Crippen LogP contribution < -0.4 is 10.9 Å². The van der Waals surface area contributed by atoms with E-state index in [4.69, 9.17) is 4.74 Å². The van der Waals surface area contributed by atoms with Crippen LogP contribution in [0.2, 0.25) is 0 Å². The Bertz CT molecular complexity index is 931. The summed E-state index contributed by atoms with van der Waals surface area (Å²) in [6.07, 6.45) is 4.15. The zero-order chi connectivity index (χ0) is 17.8. The largest absolute Gasteiger partial charge is 0.385 e. The highest BCUT2D eigenvalue weighted by molar-refractivity contribution is 7.15. The Hall–Kier alpha value is -2.59. The molecule has 0 saturated carbocycles. The number of nitrogens with one attached hydrogen (secondary N) is 1. The van der Waals surface area contributed by atoms with Crippen LogP contribution in [-0.4, -0.2) is 43.8 Å². The second-order valence-corrected chi connectivity index (χ2v) is 6.33. The van der Waals surface area contributed by atoms with Crippen molar-refractivity contribution < 1.29 is 9.53 Å². The quantitative estimate of drug-likeness (QED) is 0.626. The number of aromatic nitrogens is 5. The molecule has 10 heteroatoms. The van der Waals surface area contributed by atoms with Crippen molar-refractivity contribution in [2.45, 2.75) is 25.9 Å². The van der Waals surface area contributed by atoms with Gasteiger partial charge in [-0.25, -0.2) is 0 Å². The summed E-state index contributed by atoms with van der Waals surface area (Å²) in [5, 5.41) is 12.6. The lowest BCUT2D eigenvalue weighted by Gasteiger charge is -2.15. The van der Waals surface area contributed by atoms with E-state index in [2.05, 4.69) is 20.5 Å². The van der Waals surface area contributed by atoms with Crippen molar-refractivity contribution in [3.05, 3.63) is 45.8 Å². The number of ether oxygens (including phenoxy) is 1. The van der Waals surface area contributed by atoms with Gasteiger partial charge >= 0.3 is 0 Å². The Morgan fingerprint density at radius 2 is 2.32 bits per heavy atom. The Labute approximate surface area is 147 Å². The lowest BCUT2D eigenvalue weighted by atomic mass is 10.2. The van der Waals surface area contributed by atoms with E-state index in [-0.39, 0.29) is 17.6 Å². The number of fused-ring (bicyclic) bond motifs is 1. The molecule has 3 rings (SSSR count). The van der Waals surface area contributed by atoms with Crippen molar-refractivity contribution >= 4 is 22.2 Å². The average molecular weight is 362 g/mol. The highest BCUT2D eigenvalue weighted by atomic mass is 32.1. The molecule has 132 valence electrons. The standard InChI is InChI=1S/C15H18N6O3S/c1-10(13-19-16-9-20(13)4-3-6-24-2)17-14(23)11-8-12(22)18-15-21(11)5-7-25-15/h5,7-10H,3-4,6H2,1-2H3,(H,17,23)/t10-/m0/s1. The number of nitrogens with zero attached hydrogens (tertiary/aromatic N) is 5. The number of methoxy groups -OCH3 is 1. The van der Waals surface area contributed by atoms with Gasteiger partial charge in [-0.2, -0.15) is 4.98 Å². The minimum atomic E-state index is -0.442. The Morgan fingerprint density at radius 3 is 3.12 bits per heavy atom. The molecule has 0 aliphatic heterocycles. The van der Waals surface area contributed by atoms with Crippen LogP contribution in [0.5, 0.6) is 0 Å². The van der Waals surface area contributed by atoms with E-state index in [9.17, 15) is 9.59 Å². The molecule has 0 radical (unpaired) electrons. The van der Waals surface area contributed by atoms with Gasteiger partial charge in [-0.1, -0.05) is 0 Å². The topological polar surface area (TPSA) is 103 Å². The Kier molecular flexibility index (Phi) is 5.19. The third-order valence-electron chi connectivity index (χ3n) is 3.68.